The summed E-state index contributed by atoms with van der Waals surface area (Å²) in [6, 6.07) is 0.424. The highest BCUT2D eigenvalue weighted by Gasteiger charge is 2.36. The van der Waals surface area contributed by atoms with E-state index in [1.165, 1.54) is 49.8 Å². The second-order valence-corrected chi connectivity index (χ2v) is 7.87. The maximum atomic E-state index is 13.2. The molecule has 0 radical (unpaired) electrons. The van der Waals surface area contributed by atoms with Gasteiger partial charge in [-0.15, -0.1) is 11.3 Å². The molecule has 1 saturated heterocycles. The quantitative estimate of drug-likeness (QED) is 0.925. The Morgan fingerprint density at radius 1 is 1.25 bits per heavy atom. The maximum Gasteiger partial charge on any atom is 0.266 e. The average Bonchev–Trinajstić information content (AvgIpc) is 3.35. The summed E-state index contributed by atoms with van der Waals surface area (Å²) in [6.07, 6.45) is 10.3. The van der Waals surface area contributed by atoms with Gasteiger partial charge in [-0.1, -0.05) is 19.3 Å². The molecular formula is C17H23N5OS. The smallest absolute Gasteiger partial charge is 0.266 e. The lowest BCUT2D eigenvalue weighted by Crippen LogP contribution is -2.40. The van der Waals surface area contributed by atoms with Gasteiger partial charge in [0.25, 0.3) is 5.91 Å². The topological polar surface area (TPSA) is 74.8 Å². The third-order valence-corrected chi connectivity index (χ3v) is 6.51. The van der Waals surface area contributed by atoms with Gasteiger partial charge in [0.1, 0.15) is 11.2 Å². The Morgan fingerprint density at radius 3 is 2.83 bits per heavy atom. The van der Waals surface area contributed by atoms with Crippen LogP contribution >= 0.6 is 11.3 Å². The molecule has 3 heterocycles. The number of likely N-dealkylation sites (tertiary alicyclic amines) is 1. The van der Waals surface area contributed by atoms with Crippen LogP contribution in [0.25, 0.3) is 10.8 Å². The Bertz CT molecular complexity index is 705. The van der Waals surface area contributed by atoms with Gasteiger partial charge < -0.3 is 4.90 Å². The molecule has 1 saturated carbocycles. The minimum absolute atomic E-state index is 0.156. The maximum absolute atomic E-state index is 13.2. The monoisotopic (exact) mass is 345 g/mol. The number of hydrogen-bond donors (Lipinski definition) is 1. The molecule has 0 bridgehead atoms. The van der Waals surface area contributed by atoms with Crippen molar-refractivity contribution < 1.29 is 4.79 Å². The number of carbonyl (C=O) groups excluding carboxylic acids is 1. The second kappa shape index (κ2) is 6.63. The highest BCUT2D eigenvalue weighted by atomic mass is 32.1. The third kappa shape index (κ3) is 2.85. The zero-order chi connectivity index (χ0) is 16.5. The van der Waals surface area contributed by atoms with E-state index in [0.29, 0.717) is 17.8 Å². The molecule has 0 spiro atoms. The summed E-state index contributed by atoms with van der Waals surface area (Å²) < 4.78 is 0. The summed E-state index contributed by atoms with van der Waals surface area (Å²) in [6.45, 7) is 2.80. The van der Waals surface area contributed by atoms with Crippen molar-refractivity contribution in [1.29, 1.82) is 0 Å². The average molecular weight is 345 g/mol. The number of aryl methyl sites for hydroxylation is 1. The first-order valence-electron chi connectivity index (χ1n) is 8.88. The molecule has 1 amide bonds. The van der Waals surface area contributed by atoms with Crippen molar-refractivity contribution in [3.8, 4) is 10.8 Å². The number of amides is 1. The predicted octanol–water partition coefficient (Wildman–Crippen LogP) is 3.42. The molecule has 6 nitrogen and oxygen atoms in total. The van der Waals surface area contributed by atoms with E-state index in [-0.39, 0.29) is 5.91 Å². The molecule has 0 aromatic carbocycles. The lowest BCUT2D eigenvalue weighted by molar-refractivity contribution is 0.0665. The molecule has 1 unspecified atom stereocenters. The van der Waals surface area contributed by atoms with E-state index in [1.807, 2.05) is 6.92 Å². The van der Waals surface area contributed by atoms with E-state index in [1.54, 1.807) is 0 Å². The number of aromatic nitrogens is 4. The number of hydrogen-bond acceptors (Lipinski definition) is 5. The van der Waals surface area contributed by atoms with E-state index < -0.39 is 0 Å². The third-order valence-electron chi connectivity index (χ3n) is 5.36. The Morgan fingerprint density at radius 2 is 2.08 bits per heavy atom. The lowest BCUT2D eigenvalue weighted by atomic mass is 9.83. The van der Waals surface area contributed by atoms with Gasteiger partial charge in [-0.3, -0.25) is 9.89 Å². The van der Waals surface area contributed by atoms with Gasteiger partial charge in [-0.25, -0.2) is 9.97 Å². The van der Waals surface area contributed by atoms with E-state index in [9.17, 15) is 4.79 Å². The zero-order valence-corrected chi connectivity index (χ0v) is 14.8. The highest BCUT2D eigenvalue weighted by molar-refractivity contribution is 7.17. The molecule has 1 atom stereocenters. The van der Waals surface area contributed by atoms with Crippen molar-refractivity contribution in [2.24, 2.45) is 5.92 Å². The molecule has 1 aliphatic carbocycles. The molecule has 2 aromatic rings. The van der Waals surface area contributed by atoms with Crippen LogP contribution in [0.3, 0.4) is 0 Å². The number of nitrogens with one attached hydrogen (secondary N) is 1. The van der Waals surface area contributed by atoms with Gasteiger partial charge in [0.05, 0.1) is 5.69 Å². The summed E-state index contributed by atoms with van der Waals surface area (Å²) in [4.78, 5) is 24.7. The van der Waals surface area contributed by atoms with E-state index in [4.69, 9.17) is 0 Å². The van der Waals surface area contributed by atoms with Crippen LogP contribution in [0.2, 0.25) is 0 Å². The van der Waals surface area contributed by atoms with Gasteiger partial charge in [0, 0.05) is 12.6 Å². The summed E-state index contributed by atoms with van der Waals surface area (Å²) in [5.41, 5.74) is 0.797. The Kier molecular flexibility index (Phi) is 4.35. The first kappa shape index (κ1) is 15.7. The van der Waals surface area contributed by atoms with Crippen LogP contribution < -0.4 is 0 Å². The first-order valence-corrected chi connectivity index (χ1v) is 9.70. The van der Waals surface area contributed by atoms with Crippen molar-refractivity contribution in [3.05, 3.63) is 16.9 Å². The Labute approximate surface area is 145 Å². The lowest BCUT2D eigenvalue weighted by Gasteiger charge is -2.34. The predicted molar refractivity (Wildman–Crippen MR) is 92.9 cm³/mol. The van der Waals surface area contributed by atoms with Crippen molar-refractivity contribution >= 4 is 17.2 Å². The number of thiazole rings is 1. The number of aromatic amines is 1. The van der Waals surface area contributed by atoms with Crippen LogP contribution in [-0.4, -0.2) is 43.6 Å². The van der Waals surface area contributed by atoms with Crippen molar-refractivity contribution in [2.45, 2.75) is 57.9 Å². The fourth-order valence-electron chi connectivity index (χ4n) is 4.19. The van der Waals surface area contributed by atoms with Crippen molar-refractivity contribution in [3.63, 3.8) is 0 Å². The minimum Gasteiger partial charge on any atom is -0.335 e. The Hall–Kier alpha value is -1.76. The largest absolute Gasteiger partial charge is 0.335 e. The first-order chi connectivity index (χ1) is 11.7. The van der Waals surface area contributed by atoms with Crippen LogP contribution in [0.4, 0.5) is 0 Å². The molecule has 24 heavy (non-hydrogen) atoms. The highest BCUT2D eigenvalue weighted by Crippen LogP contribution is 2.36. The summed E-state index contributed by atoms with van der Waals surface area (Å²) in [7, 11) is 0. The normalized spacial score (nSPS) is 22.2. The molecule has 2 fully saturated rings. The van der Waals surface area contributed by atoms with E-state index in [2.05, 4.69) is 25.1 Å². The molecule has 7 heteroatoms. The van der Waals surface area contributed by atoms with Crippen LogP contribution in [0.15, 0.2) is 6.33 Å². The SMILES string of the molecule is Cc1nc(-c2ncn[nH]2)sc1C(=O)N1CCCC1C1CCCCC1. The summed E-state index contributed by atoms with van der Waals surface area (Å²) in [5, 5.41) is 7.43. The molecule has 1 N–H and O–H groups in total. The molecule has 128 valence electrons. The summed E-state index contributed by atoms with van der Waals surface area (Å²) in [5.74, 6) is 1.48. The van der Waals surface area contributed by atoms with Crippen molar-refractivity contribution in [2.75, 3.05) is 6.54 Å². The van der Waals surface area contributed by atoms with E-state index >= 15 is 0 Å². The molecular weight excluding hydrogens is 322 g/mol. The van der Waals surface area contributed by atoms with Crippen LogP contribution in [-0.2, 0) is 0 Å². The van der Waals surface area contributed by atoms with Crippen LogP contribution in [0.5, 0.6) is 0 Å². The van der Waals surface area contributed by atoms with E-state index in [0.717, 1.165) is 35.0 Å². The molecule has 4 rings (SSSR count). The Balaban J connectivity index is 1.56. The van der Waals surface area contributed by atoms with Gasteiger partial charge in [0.15, 0.2) is 10.8 Å². The van der Waals surface area contributed by atoms with Crippen molar-refractivity contribution in [1.82, 2.24) is 25.1 Å². The number of nitrogens with zero attached hydrogens (tertiary/aromatic N) is 4. The van der Waals surface area contributed by atoms with Gasteiger partial charge in [-0.2, -0.15) is 5.10 Å². The number of carbonyl (C=O) groups is 1. The van der Waals surface area contributed by atoms with Gasteiger partial charge in [-0.05, 0) is 38.5 Å². The van der Waals surface area contributed by atoms with Gasteiger partial charge in [0.2, 0.25) is 0 Å². The number of H-pyrrole nitrogens is 1. The standard InChI is InChI=1S/C17H23N5OS/c1-11-14(24-16(20-11)15-18-10-19-21-15)17(23)22-9-5-8-13(22)12-6-3-2-4-7-12/h10,12-13H,2-9H2,1H3,(H,18,19,21). The molecule has 2 aliphatic rings. The molecule has 1 aliphatic heterocycles. The minimum atomic E-state index is 0.156. The fourth-order valence-corrected chi connectivity index (χ4v) is 5.16. The zero-order valence-electron chi connectivity index (χ0n) is 14.0. The fraction of sp³-hybridized carbons (Fsp3) is 0.647. The number of rotatable bonds is 3. The molecule has 2 aromatic heterocycles. The summed E-state index contributed by atoms with van der Waals surface area (Å²) >= 11 is 1.42. The van der Waals surface area contributed by atoms with Crippen LogP contribution in [0, 0.1) is 12.8 Å². The van der Waals surface area contributed by atoms with Gasteiger partial charge >= 0.3 is 0 Å². The second-order valence-electron chi connectivity index (χ2n) is 6.87. The van der Waals surface area contributed by atoms with Crippen LogP contribution in [0.1, 0.15) is 60.3 Å².